The lowest BCUT2D eigenvalue weighted by Crippen LogP contribution is -2.21. The minimum Gasteiger partial charge on any atom is -0.381 e. The van der Waals surface area contributed by atoms with Crippen molar-refractivity contribution in [3.05, 3.63) is 29.6 Å². The maximum absolute atomic E-state index is 5.42. The van der Waals surface area contributed by atoms with Crippen molar-refractivity contribution in [1.29, 1.82) is 0 Å². The lowest BCUT2D eigenvalue weighted by atomic mass is 9.81. The second-order valence-corrected chi connectivity index (χ2v) is 5.57. The number of ether oxygens (including phenoxy) is 1. The first-order chi connectivity index (χ1) is 7.59. The van der Waals surface area contributed by atoms with Gasteiger partial charge in [0.25, 0.3) is 0 Å². The Morgan fingerprint density at radius 3 is 2.56 bits per heavy atom. The van der Waals surface area contributed by atoms with E-state index in [1.54, 1.807) is 0 Å². The van der Waals surface area contributed by atoms with Crippen LogP contribution in [0.2, 0.25) is 0 Å². The van der Waals surface area contributed by atoms with E-state index in [1.165, 1.54) is 11.3 Å². The van der Waals surface area contributed by atoms with Gasteiger partial charge < -0.3 is 4.74 Å². The Labute approximate surface area is 98.0 Å². The SMILES string of the molecule is CC(C)(C)c1cccnc1C1CCOCC1. The van der Waals surface area contributed by atoms with Crippen LogP contribution >= 0.6 is 0 Å². The average molecular weight is 219 g/mol. The summed E-state index contributed by atoms with van der Waals surface area (Å²) in [5.41, 5.74) is 2.86. The molecule has 1 fully saturated rings. The average Bonchev–Trinajstić information content (AvgIpc) is 2.29. The molecule has 2 nitrogen and oxygen atoms in total. The minimum absolute atomic E-state index is 0.182. The largest absolute Gasteiger partial charge is 0.381 e. The third-order valence-electron chi connectivity index (χ3n) is 3.25. The van der Waals surface area contributed by atoms with E-state index in [-0.39, 0.29) is 5.41 Å². The lowest BCUT2D eigenvalue weighted by Gasteiger charge is -2.28. The molecule has 1 aromatic heterocycles. The molecule has 0 bridgehead atoms. The number of aromatic nitrogens is 1. The van der Waals surface area contributed by atoms with E-state index >= 15 is 0 Å². The highest BCUT2D eigenvalue weighted by molar-refractivity contribution is 5.30. The lowest BCUT2D eigenvalue weighted by molar-refractivity contribution is 0.0841. The summed E-state index contributed by atoms with van der Waals surface area (Å²) < 4.78 is 5.42. The number of hydrogen-bond donors (Lipinski definition) is 0. The summed E-state index contributed by atoms with van der Waals surface area (Å²) in [5, 5.41) is 0. The van der Waals surface area contributed by atoms with Gasteiger partial charge in [0.15, 0.2) is 0 Å². The van der Waals surface area contributed by atoms with E-state index in [0.717, 1.165) is 26.1 Å². The summed E-state index contributed by atoms with van der Waals surface area (Å²) in [5.74, 6) is 0.587. The Morgan fingerprint density at radius 1 is 1.25 bits per heavy atom. The highest BCUT2D eigenvalue weighted by atomic mass is 16.5. The first-order valence-electron chi connectivity index (χ1n) is 6.12. The summed E-state index contributed by atoms with van der Waals surface area (Å²) in [6.45, 7) is 8.53. The molecule has 2 rings (SSSR count). The molecule has 0 aliphatic carbocycles. The molecule has 1 aliphatic rings. The van der Waals surface area contributed by atoms with Gasteiger partial charge in [0.1, 0.15) is 0 Å². The minimum atomic E-state index is 0.182. The van der Waals surface area contributed by atoms with Crippen molar-refractivity contribution in [2.45, 2.75) is 44.9 Å². The summed E-state index contributed by atoms with van der Waals surface area (Å²) in [6, 6.07) is 4.27. The molecule has 0 amide bonds. The highest BCUT2D eigenvalue weighted by Crippen LogP contribution is 2.33. The van der Waals surface area contributed by atoms with Gasteiger partial charge in [0.05, 0.1) is 0 Å². The molecule has 0 atom stereocenters. The smallest absolute Gasteiger partial charge is 0.0473 e. The number of hydrogen-bond acceptors (Lipinski definition) is 2. The van der Waals surface area contributed by atoms with E-state index in [1.807, 2.05) is 12.3 Å². The van der Waals surface area contributed by atoms with Gasteiger partial charge >= 0.3 is 0 Å². The third kappa shape index (κ3) is 2.43. The van der Waals surface area contributed by atoms with E-state index in [9.17, 15) is 0 Å². The zero-order valence-electron chi connectivity index (χ0n) is 10.5. The van der Waals surface area contributed by atoms with Gasteiger partial charge in [-0.3, -0.25) is 4.98 Å². The van der Waals surface area contributed by atoms with Crippen LogP contribution in [-0.2, 0) is 10.2 Å². The van der Waals surface area contributed by atoms with Crippen molar-refractivity contribution >= 4 is 0 Å². The van der Waals surface area contributed by atoms with Gasteiger partial charge in [-0.25, -0.2) is 0 Å². The van der Waals surface area contributed by atoms with E-state index in [4.69, 9.17) is 4.74 Å². The fraction of sp³-hybridized carbons (Fsp3) is 0.643. The van der Waals surface area contributed by atoms with Crippen molar-refractivity contribution < 1.29 is 4.74 Å². The summed E-state index contributed by atoms with van der Waals surface area (Å²) >= 11 is 0. The number of pyridine rings is 1. The van der Waals surface area contributed by atoms with Crippen LogP contribution in [0, 0.1) is 0 Å². The maximum atomic E-state index is 5.42. The van der Waals surface area contributed by atoms with Crippen LogP contribution in [0.1, 0.15) is 50.8 Å². The van der Waals surface area contributed by atoms with Crippen molar-refractivity contribution in [1.82, 2.24) is 4.98 Å². The normalized spacial score (nSPS) is 18.7. The molecule has 0 unspecified atom stereocenters. The number of rotatable bonds is 1. The Balaban J connectivity index is 2.32. The molecule has 0 spiro atoms. The fourth-order valence-electron chi connectivity index (χ4n) is 2.35. The van der Waals surface area contributed by atoms with Crippen molar-refractivity contribution in [2.24, 2.45) is 0 Å². The van der Waals surface area contributed by atoms with Gasteiger partial charge in [0, 0.05) is 31.0 Å². The van der Waals surface area contributed by atoms with Crippen LogP contribution in [0.25, 0.3) is 0 Å². The zero-order valence-corrected chi connectivity index (χ0v) is 10.5. The molecular formula is C14H21NO. The Kier molecular flexibility index (Phi) is 3.29. The van der Waals surface area contributed by atoms with Crippen LogP contribution in [0.15, 0.2) is 18.3 Å². The first kappa shape index (κ1) is 11.6. The predicted octanol–water partition coefficient (Wildman–Crippen LogP) is 3.27. The van der Waals surface area contributed by atoms with Crippen LogP contribution in [0.4, 0.5) is 0 Å². The molecule has 0 aromatic carbocycles. The topological polar surface area (TPSA) is 22.1 Å². The highest BCUT2D eigenvalue weighted by Gasteiger charge is 2.25. The van der Waals surface area contributed by atoms with Crippen molar-refractivity contribution in [3.8, 4) is 0 Å². The molecule has 88 valence electrons. The second-order valence-electron chi connectivity index (χ2n) is 5.57. The van der Waals surface area contributed by atoms with Crippen LogP contribution in [0.3, 0.4) is 0 Å². The first-order valence-corrected chi connectivity index (χ1v) is 6.12. The van der Waals surface area contributed by atoms with Gasteiger partial charge in [-0.05, 0) is 29.9 Å². The molecule has 2 heterocycles. The molecule has 2 heteroatoms. The zero-order chi connectivity index (χ0) is 11.6. The molecule has 0 saturated carbocycles. The molecule has 1 aliphatic heterocycles. The quantitative estimate of drug-likeness (QED) is 0.723. The van der Waals surface area contributed by atoms with E-state index in [2.05, 4.69) is 31.8 Å². The van der Waals surface area contributed by atoms with Gasteiger partial charge in [-0.15, -0.1) is 0 Å². The maximum Gasteiger partial charge on any atom is 0.0473 e. The monoisotopic (exact) mass is 219 g/mol. The molecule has 0 N–H and O–H groups in total. The second kappa shape index (κ2) is 4.54. The summed E-state index contributed by atoms with van der Waals surface area (Å²) in [7, 11) is 0. The Morgan fingerprint density at radius 2 is 1.94 bits per heavy atom. The molecular weight excluding hydrogens is 198 g/mol. The van der Waals surface area contributed by atoms with Gasteiger partial charge in [-0.1, -0.05) is 26.8 Å². The Hall–Kier alpha value is -0.890. The Bertz CT molecular complexity index is 348. The van der Waals surface area contributed by atoms with Gasteiger partial charge in [-0.2, -0.15) is 0 Å². The molecule has 0 radical (unpaired) electrons. The van der Waals surface area contributed by atoms with Crippen molar-refractivity contribution in [2.75, 3.05) is 13.2 Å². The van der Waals surface area contributed by atoms with Crippen LogP contribution in [-0.4, -0.2) is 18.2 Å². The van der Waals surface area contributed by atoms with Crippen LogP contribution in [0.5, 0.6) is 0 Å². The summed E-state index contributed by atoms with van der Waals surface area (Å²) in [6.07, 6.45) is 4.14. The van der Waals surface area contributed by atoms with Crippen LogP contribution < -0.4 is 0 Å². The third-order valence-corrected chi connectivity index (χ3v) is 3.25. The molecule has 16 heavy (non-hydrogen) atoms. The molecule has 1 aromatic rings. The fourth-order valence-corrected chi connectivity index (χ4v) is 2.35. The summed E-state index contributed by atoms with van der Waals surface area (Å²) in [4.78, 5) is 4.61. The van der Waals surface area contributed by atoms with Gasteiger partial charge in [0.2, 0.25) is 0 Å². The number of nitrogens with zero attached hydrogens (tertiary/aromatic N) is 1. The molecule has 1 saturated heterocycles. The van der Waals surface area contributed by atoms with Crippen molar-refractivity contribution in [3.63, 3.8) is 0 Å². The van der Waals surface area contributed by atoms with E-state index in [0.29, 0.717) is 5.92 Å². The van der Waals surface area contributed by atoms with E-state index < -0.39 is 0 Å². The standard InChI is InChI=1S/C14H21NO/c1-14(2,3)12-5-4-8-15-13(12)11-6-9-16-10-7-11/h4-5,8,11H,6-7,9-10H2,1-3H3. The predicted molar refractivity (Wildman–Crippen MR) is 65.7 cm³/mol.